The van der Waals surface area contributed by atoms with Crippen molar-refractivity contribution in [3.05, 3.63) is 107 Å². The zero-order chi connectivity index (χ0) is 20.6. The molecular formula is C23H18FNO4. The van der Waals surface area contributed by atoms with Crippen molar-refractivity contribution < 1.29 is 23.8 Å². The van der Waals surface area contributed by atoms with Crippen LogP contribution in [0.3, 0.4) is 0 Å². The smallest absolute Gasteiger partial charge is 0.352 e. The van der Waals surface area contributed by atoms with E-state index in [1.165, 1.54) is 18.2 Å². The third kappa shape index (κ3) is 5.77. The van der Waals surface area contributed by atoms with Crippen LogP contribution in [-0.4, -0.2) is 17.0 Å². The summed E-state index contributed by atoms with van der Waals surface area (Å²) >= 11 is 0. The van der Waals surface area contributed by atoms with E-state index in [2.05, 4.69) is 5.32 Å². The van der Waals surface area contributed by atoms with E-state index in [1.54, 1.807) is 66.7 Å². The standard InChI is InChI=1S/C23H18FNO4/c24-19-10-6-17(7-11-19)15-29-20-12-8-16(9-13-20)14-21(23(27)28)25-22(26)18-4-2-1-3-5-18/h1-14H,15H2,(H,25,26)(H,27,28)/b21-14+. The van der Waals surface area contributed by atoms with Crippen LogP contribution >= 0.6 is 0 Å². The predicted octanol–water partition coefficient (Wildman–Crippen LogP) is 4.26. The molecule has 5 nitrogen and oxygen atoms in total. The van der Waals surface area contributed by atoms with Crippen molar-refractivity contribution in [3.8, 4) is 5.75 Å². The monoisotopic (exact) mass is 391 g/mol. The van der Waals surface area contributed by atoms with Crippen molar-refractivity contribution in [2.45, 2.75) is 6.61 Å². The van der Waals surface area contributed by atoms with Crippen molar-refractivity contribution in [1.29, 1.82) is 0 Å². The number of rotatable bonds is 7. The van der Waals surface area contributed by atoms with E-state index in [0.29, 0.717) is 16.9 Å². The average Bonchev–Trinajstić information content (AvgIpc) is 2.74. The largest absolute Gasteiger partial charge is 0.489 e. The molecule has 0 atom stereocenters. The molecule has 0 unspecified atom stereocenters. The summed E-state index contributed by atoms with van der Waals surface area (Å²) < 4.78 is 18.5. The number of hydrogen-bond acceptors (Lipinski definition) is 3. The second-order valence-corrected chi connectivity index (χ2v) is 6.17. The van der Waals surface area contributed by atoms with Crippen LogP contribution in [0.1, 0.15) is 21.5 Å². The first-order valence-electron chi connectivity index (χ1n) is 8.80. The van der Waals surface area contributed by atoms with Gasteiger partial charge in [-0.15, -0.1) is 0 Å². The molecule has 0 saturated heterocycles. The van der Waals surface area contributed by atoms with Gasteiger partial charge in [-0.2, -0.15) is 0 Å². The lowest BCUT2D eigenvalue weighted by atomic mass is 10.1. The van der Waals surface area contributed by atoms with Gasteiger partial charge in [-0.3, -0.25) is 4.79 Å². The van der Waals surface area contributed by atoms with Gasteiger partial charge in [0.05, 0.1) is 0 Å². The highest BCUT2D eigenvalue weighted by Gasteiger charge is 2.13. The summed E-state index contributed by atoms with van der Waals surface area (Å²) in [5.41, 5.74) is 1.54. The Labute approximate surface area is 167 Å². The minimum Gasteiger partial charge on any atom is -0.489 e. The first-order valence-corrected chi connectivity index (χ1v) is 8.80. The molecule has 146 valence electrons. The van der Waals surface area contributed by atoms with Crippen LogP contribution in [0.25, 0.3) is 6.08 Å². The topological polar surface area (TPSA) is 75.6 Å². The van der Waals surface area contributed by atoms with Gasteiger partial charge in [0.15, 0.2) is 0 Å². The number of carboxylic acid groups (broad SMARTS) is 1. The molecule has 6 heteroatoms. The quantitative estimate of drug-likeness (QED) is 0.590. The highest BCUT2D eigenvalue weighted by molar-refractivity contribution is 6.02. The van der Waals surface area contributed by atoms with Crippen LogP contribution in [0, 0.1) is 5.82 Å². The molecule has 0 saturated carbocycles. The molecule has 3 aromatic carbocycles. The predicted molar refractivity (Wildman–Crippen MR) is 107 cm³/mol. The number of carbonyl (C=O) groups is 2. The van der Waals surface area contributed by atoms with Gasteiger partial charge < -0.3 is 15.2 Å². The molecular weight excluding hydrogens is 373 g/mol. The van der Waals surface area contributed by atoms with Crippen molar-refractivity contribution in [2.24, 2.45) is 0 Å². The van der Waals surface area contributed by atoms with Gasteiger partial charge >= 0.3 is 5.97 Å². The lowest BCUT2D eigenvalue weighted by Crippen LogP contribution is -2.27. The first-order chi connectivity index (χ1) is 14.0. The van der Waals surface area contributed by atoms with E-state index in [9.17, 15) is 19.1 Å². The van der Waals surface area contributed by atoms with E-state index < -0.39 is 11.9 Å². The summed E-state index contributed by atoms with van der Waals surface area (Å²) in [6, 6.07) is 21.1. The third-order valence-electron chi connectivity index (χ3n) is 4.02. The van der Waals surface area contributed by atoms with Crippen LogP contribution < -0.4 is 10.1 Å². The van der Waals surface area contributed by atoms with Crippen molar-refractivity contribution in [2.75, 3.05) is 0 Å². The Morgan fingerprint density at radius 2 is 1.59 bits per heavy atom. The van der Waals surface area contributed by atoms with Gasteiger partial charge in [0, 0.05) is 5.56 Å². The van der Waals surface area contributed by atoms with Gasteiger partial charge in [0.25, 0.3) is 5.91 Å². The number of aliphatic carboxylic acids is 1. The van der Waals surface area contributed by atoms with Crippen LogP contribution in [0.5, 0.6) is 5.75 Å². The first kappa shape index (κ1) is 19.8. The summed E-state index contributed by atoms with van der Waals surface area (Å²) in [5.74, 6) is -1.47. The molecule has 1 amide bonds. The molecule has 0 radical (unpaired) electrons. The summed E-state index contributed by atoms with van der Waals surface area (Å²) in [6.45, 7) is 0.281. The number of carbonyl (C=O) groups excluding carboxylic acids is 1. The number of amides is 1. The second kappa shape index (κ2) is 9.32. The summed E-state index contributed by atoms with van der Waals surface area (Å²) in [7, 11) is 0. The maximum atomic E-state index is 12.9. The number of benzene rings is 3. The fraction of sp³-hybridized carbons (Fsp3) is 0.0435. The molecule has 2 N–H and O–H groups in total. The minimum atomic E-state index is -1.24. The summed E-state index contributed by atoms with van der Waals surface area (Å²) in [4.78, 5) is 23.7. The number of halogens is 1. The molecule has 3 aromatic rings. The molecule has 0 aliphatic heterocycles. The Bertz CT molecular complexity index is 1010. The molecule has 0 heterocycles. The van der Waals surface area contributed by atoms with Gasteiger partial charge in [0.2, 0.25) is 0 Å². The minimum absolute atomic E-state index is 0.237. The molecule has 29 heavy (non-hydrogen) atoms. The third-order valence-corrected chi connectivity index (χ3v) is 4.02. The van der Waals surface area contributed by atoms with E-state index in [4.69, 9.17) is 4.74 Å². The highest BCUT2D eigenvalue weighted by Crippen LogP contribution is 2.16. The maximum Gasteiger partial charge on any atom is 0.352 e. The Kier molecular flexibility index (Phi) is 6.37. The van der Waals surface area contributed by atoms with Crippen molar-refractivity contribution >= 4 is 18.0 Å². The van der Waals surface area contributed by atoms with E-state index in [0.717, 1.165) is 5.56 Å². The zero-order valence-electron chi connectivity index (χ0n) is 15.3. The molecule has 0 fully saturated rings. The fourth-order valence-corrected chi connectivity index (χ4v) is 2.51. The fourth-order valence-electron chi connectivity index (χ4n) is 2.51. The van der Waals surface area contributed by atoms with Crippen LogP contribution in [-0.2, 0) is 11.4 Å². The summed E-state index contributed by atoms with van der Waals surface area (Å²) in [5, 5.41) is 11.8. The lowest BCUT2D eigenvalue weighted by molar-refractivity contribution is -0.132. The second-order valence-electron chi connectivity index (χ2n) is 6.17. The normalized spacial score (nSPS) is 11.0. The Hall–Kier alpha value is -3.93. The van der Waals surface area contributed by atoms with E-state index >= 15 is 0 Å². The van der Waals surface area contributed by atoms with Gasteiger partial charge in [-0.25, -0.2) is 9.18 Å². The van der Waals surface area contributed by atoms with E-state index in [-0.39, 0.29) is 18.1 Å². The molecule has 0 aliphatic carbocycles. The van der Waals surface area contributed by atoms with Crippen molar-refractivity contribution in [3.63, 3.8) is 0 Å². The number of hydrogen-bond donors (Lipinski definition) is 2. The number of nitrogens with one attached hydrogen (secondary N) is 1. The van der Waals surface area contributed by atoms with Gasteiger partial charge in [-0.05, 0) is 53.6 Å². The average molecular weight is 391 g/mol. The molecule has 0 bridgehead atoms. The van der Waals surface area contributed by atoms with Crippen LogP contribution in [0.4, 0.5) is 4.39 Å². The molecule has 0 aromatic heterocycles. The molecule has 0 spiro atoms. The maximum absolute atomic E-state index is 12.9. The molecule has 3 rings (SSSR count). The van der Waals surface area contributed by atoms with Crippen LogP contribution in [0.15, 0.2) is 84.6 Å². The summed E-state index contributed by atoms with van der Waals surface area (Å²) in [6.07, 6.45) is 1.37. The Morgan fingerprint density at radius 1 is 0.931 bits per heavy atom. The highest BCUT2D eigenvalue weighted by atomic mass is 19.1. The van der Waals surface area contributed by atoms with Gasteiger partial charge in [-0.1, -0.05) is 42.5 Å². The zero-order valence-corrected chi connectivity index (χ0v) is 15.3. The van der Waals surface area contributed by atoms with Crippen LogP contribution in [0.2, 0.25) is 0 Å². The number of carboxylic acids is 1. The lowest BCUT2D eigenvalue weighted by Gasteiger charge is -2.08. The van der Waals surface area contributed by atoms with Gasteiger partial charge in [0.1, 0.15) is 23.9 Å². The number of ether oxygens (including phenoxy) is 1. The van der Waals surface area contributed by atoms with E-state index in [1.807, 2.05) is 0 Å². The Morgan fingerprint density at radius 3 is 2.21 bits per heavy atom. The Balaban J connectivity index is 1.66. The molecule has 0 aliphatic rings. The van der Waals surface area contributed by atoms with Crippen molar-refractivity contribution in [1.82, 2.24) is 5.32 Å². The SMILES string of the molecule is O=C(O)/C(=C\c1ccc(OCc2ccc(F)cc2)cc1)NC(=O)c1ccccc1.